The third-order valence-corrected chi connectivity index (χ3v) is 6.92. The summed E-state index contributed by atoms with van der Waals surface area (Å²) < 4.78 is 0. The maximum Gasteiger partial charge on any atom is 0.263 e. The second-order valence-electron chi connectivity index (χ2n) is 7.67. The molecule has 3 heterocycles. The van der Waals surface area contributed by atoms with Crippen molar-refractivity contribution in [2.75, 3.05) is 27.2 Å². The number of pyridine rings is 1. The summed E-state index contributed by atoms with van der Waals surface area (Å²) in [6, 6.07) is 4.91. The van der Waals surface area contributed by atoms with Gasteiger partial charge in [0.25, 0.3) is 5.91 Å². The Morgan fingerprint density at radius 1 is 1.24 bits per heavy atom. The molecule has 1 aliphatic carbocycles. The summed E-state index contributed by atoms with van der Waals surface area (Å²) in [6.07, 6.45) is 9.69. The fraction of sp³-hybridized carbons (Fsp3) is 0.600. The summed E-state index contributed by atoms with van der Waals surface area (Å²) in [5.74, 6) is 0.571. The maximum atomic E-state index is 12.8. The molecule has 1 amide bonds. The predicted octanol–water partition coefficient (Wildman–Crippen LogP) is 4.12. The largest absolute Gasteiger partial charge is 0.344 e. The van der Waals surface area contributed by atoms with Crippen molar-refractivity contribution in [3.05, 3.63) is 28.8 Å². The number of carbonyl (C=O) groups excluding carboxylic acids is 1. The first-order chi connectivity index (χ1) is 12.1. The highest BCUT2D eigenvalue weighted by atomic mass is 32.1. The van der Waals surface area contributed by atoms with E-state index in [0.29, 0.717) is 5.92 Å². The van der Waals surface area contributed by atoms with Crippen LogP contribution in [0.5, 0.6) is 0 Å². The van der Waals surface area contributed by atoms with Crippen LogP contribution in [0.15, 0.2) is 18.3 Å². The fourth-order valence-electron chi connectivity index (χ4n) is 4.56. The van der Waals surface area contributed by atoms with Crippen LogP contribution in [0.2, 0.25) is 0 Å². The molecule has 2 aliphatic rings. The summed E-state index contributed by atoms with van der Waals surface area (Å²) in [5, 5.41) is 1.19. The highest BCUT2D eigenvalue weighted by molar-refractivity contribution is 7.20. The van der Waals surface area contributed by atoms with Crippen molar-refractivity contribution >= 4 is 27.5 Å². The summed E-state index contributed by atoms with van der Waals surface area (Å²) in [7, 11) is 3.69. The molecule has 4 nitrogen and oxygen atoms in total. The Morgan fingerprint density at radius 2 is 2.04 bits per heavy atom. The van der Waals surface area contributed by atoms with E-state index in [1.807, 2.05) is 26.4 Å². The van der Waals surface area contributed by atoms with Gasteiger partial charge in [-0.25, -0.2) is 4.98 Å². The molecule has 0 radical (unpaired) electrons. The third kappa shape index (κ3) is 3.20. The number of likely N-dealkylation sites (tertiary alicyclic amines) is 1. The average molecular weight is 358 g/mol. The average Bonchev–Trinajstić information content (AvgIpc) is 3.28. The molecule has 25 heavy (non-hydrogen) atoms. The Kier molecular flexibility index (Phi) is 4.78. The van der Waals surface area contributed by atoms with Gasteiger partial charge in [-0.2, -0.15) is 0 Å². The molecule has 5 heteroatoms. The molecule has 1 atom stereocenters. The second kappa shape index (κ2) is 7.04. The van der Waals surface area contributed by atoms with E-state index < -0.39 is 0 Å². The number of hydrogen-bond acceptors (Lipinski definition) is 4. The molecule has 0 N–H and O–H groups in total. The Labute approximate surface area is 153 Å². The molecule has 134 valence electrons. The van der Waals surface area contributed by atoms with Gasteiger partial charge in [-0.3, -0.25) is 9.69 Å². The zero-order valence-corrected chi connectivity index (χ0v) is 16.0. The summed E-state index contributed by atoms with van der Waals surface area (Å²) in [6.45, 7) is 2.32. The number of aromatic nitrogens is 1. The number of hydrogen-bond donors (Lipinski definition) is 0. The van der Waals surface area contributed by atoms with E-state index in [4.69, 9.17) is 0 Å². The monoisotopic (exact) mass is 357 g/mol. The third-order valence-electron chi connectivity index (χ3n) is 5.81. The van der Waals surface area contributed by atoms with E-state index in [0.717, 1.165) is 22.3 Å². The van der Waals surface area contributed by atoms with Gasteiger partial charge in [-0.1, -0.05) is 18.9 Å². The quantitative estimate of drug-likeness (QED) is 0.829. The minimum Gasteiger partial charge on any atom is -0.344 e. The van der Waals surface area contributed by atoms with Gasteiger partial charge in [0.05, 0.1) is 4.88 Å². The van der Waals surface area contributed by atoms with Crippen molar-refractivity contribution in [3.63, 3.8) is 0 Å². The Hall–Kier alpha value is -1.46. The van der Waals surface area contributed by atoms with Crippen LogP contribution in [0.1, 0.15) is 59.7 Å². The molecular weight excluding hydrogens is 330 g/mol. The first-order valence-corrected chi connectivity index (χ1v) is 10.3. The van der Waals surface area contributed by atoms with Crippen molar-refractivity contribution in [2.45, 2.75) is 50.5 Å². The van der Waals surface area contributed by atoms with Crippen LogP contribution in [-0.4, -0.2) is 53.9 Å². The Balaban J connectivity index is 1.71. The second-order valence-corrected chi connectivity index (χ2v) is 8.67. The normalized spacial score (nSPS) is 22.6. The van der Waals surface area contributed by atoms with Crippen LogP contribution in [0.4, 0.5) is 0 Å². The summed E-state index contributed by atoms with van der Waals surface area (Å²) in [5.41, 5.74) is 1.26. The van der Waals surface area contributed by atoms with Crippen LogP contribution in [0.3, 0.4) is 0 Å². The van der Waals surface area contributed by atoms with Crippen molar-refractivity contribution in [2.24, 2.45) is 0 Å². The van der Waals surface area contributed by atoms with Crippen molar-refractivity contribution in [1.29, 1.82) is 0 Å². The lowest BCUT2D eigenvalue weighted by Crippen LogP contribution is -2.41. The van der Waals surface area contributed by atoms with Gasteiger partial charge < -0.3 is 4.90 Å². The summed E-state index contributed by atoms with van der Waals surface area (Å²) >= 11 is 1.57. The molecule has 0 bridgehead atoms. The number of carbonyl (C=O) groups is 1. The lowest BCUT2D eigenvalue weighted by molar-refractivity contribution is 0.0829. The number of rotatable bonds is 3. The van der Waals surface area contributed by atoms with Gasteiger partial charge in [0.1, 0.15) is 4.83 Å². The number of piperidine rings is 1. The van der Waals surface area contributed by atoms with E-state index in [1.165, 1.54) is 56.0 Å². The van der Waals surface area contributed by atoms with Crippen LogP contribution in [0, 0.1) is 0 Å². The van der Waals surface area contributed by atoms with Gasteiger partial charge in [0.15, 0.2) is 0 Å². The van der Waals surface area contributed by atoms with Crippen molar-refractivity contribution < 1.29 is 4.79 Å². The van der Waals surface area contributed by atoms with Crippen molar-refractivity contribution in [1.82, 2.24) is 14.8 Å². The van der Waals surface area contributed by atoms with E-state index in [1.54, 1.807) is 16.2 Å². The standard InChI is InChI=1S/C20H27N3OS/c1-22(2)20(24)18-17(16-10-5-11-21-19(16)25-18)14-7-6-12-23(13-14)15-8-3-4-9-15/h5,10-11,14-15H,3-4,6-9,12-13H2,1-2H3/t14-/m0/s1. The molecule has 1 aliphatic heterocycles. The van der Waals surface area contributed by atoms with Crippen LogP contribution in [0.25, 0.3) is 10.2 Å². The van der Waals surface area contributed by atoms with E-state index in [-0.39, 0.29) is 5.91 Å². The van der Waals surface area contributed by atoms with Crippen LogP contribution < -0.4 is 0 Å². The Morgan fingerprint density at radius 3 is 2.80 bits per heavy atom. The topological polar surface area (TPSA) is 36.4 Å². The molecular formula is C20H27N3OS. The molecule has 2 aromatic rings. The molecule has 1 saturated carbocycles. The molecule has 0 spiro atoms. The number of amides is 1. The zero-order valence-electron chi connectivity index (χ0n) is 15.2. The lowest BCUT2D eigenvalue weighted by atomic mass is 9.88. The maximum absolute atomic E-state index is 12.8. The summed E-state index contributed by atoms with van der Waals surface area (Å²) in [4.78, 5) is 23.6. The van der Waals surface area contributed by atoms with E-state index in [9.17, 15) is 4.79 Å². The number of fused-ring (bicyclic) bond motifs is 1. The lowest BCUT2D eigenvalue weighted by Gasteiger charge is -2.37. The van der Waals surface area contributed by atoms with Gasteiger partial charge in [-0.15, -0.1) is 11.3 Å². The van der Waals surface area contributed by atoms with Crippen LogP contribution >= 0.6 is 11.3 Å². The number of nitrogens with zero attached hydrogens (tertiary/aromatic N) is 3. The van der Waals surface area contributed by atoms with Gasteiger partial charge in [-0.05, 0) is 49.8 Å². The highest BCUT2D eigenvalue weighted by Gasteiger charge is 2.32. The minimum absolute atomic E-state index is 0.121. The van der Waals surface area contributed by atoms with E-state index >= 15 is 0 Å². The predicted molar refractivity (Wildman–Crippen MR) is 103 cm³/mol. The minimum atomic E-state index is 0.121. The molecule has 0 aromatic carbocycles. The molecule has 4 rings (SSSR count). The van der Waals surface area contributed by atoms with Gasteiger partial charge in [0.2, 0.25) is 0 Å². The smallest absolute Gasteiger partial charge is 0.263 e. The zero-order chi connectivity index (χ0) is 17.4. The molecule has 2 aromatic heterocycles. The molecule has 2 fully saturated rings. The first-order valence-electron chi connectivity index (χ1n) is 9.48. The molecule has 1 saturated heterocycles. The van der Waals surface area contributed by atoms with Crippen molar-refractivity contribution in [3.8, 4) is 0 Å². The molecule has 0 unspecified atom stereocenters. The SMILES string of the molecule is CN(C)C(=O)c1sc2ncccc2c1[C@H]1CCCN(C2CCCC2)C1. The first kappa shape index (κ1) is 17.0. The van der Waals surface area contributed by atoms with Crippen LogP contribution in [-0.2, 0) is 0 Å². The Bertz CT molecular complexity index is 763. The van der Waals surface area contributed by atoms with E-state index in [2.05, 4.69) is 16.0 Å². The highest BCUT2D eigenvalue weighted by Crippen LogP contribution is 2.40. The van der Waals surface area contributed by atoms with Gasteiger partial charge in [0, 0.05) is 38.3 Å². The fourth-order valence-corrected chi connectivity index (χ4v) is 5.81. The van der Waals surface area contributed by atoms with Gasteiger partial charge >= 0.3 is 0 Å². The number of thiophene rings is 1.